The maximum absolute atomic E-state index is 10.1. The van der Waals surface area contributed by atoms with E-state index in [0.29, 0.717) is 12.8 Å². The summed E-state index contributed by atoms with van der Waals surface area (Å²) in [6.45, 7) is -0.481. The Balaban J connectivity index is 1.86. The van der Waals surface area contributed by atoms with Gasteiger partial charge in [-0.05, 0) is 30.5 Å². The fourth-order valence-corrected chi connectivity index (χ4v) is 2.76. The molecule has 0 aromatic heterocycles. The average molecular weight is 328 g/mol. The molecule has 0 radical (unpaired) electrons. The molecule has 6 unspecified atom stereocenters. The molecule has 1 aliphatic rings. The van der Waals surface area contributed by atoms with E-state index in [1.165, 1.54) is 0 Å². The summed E-state index contributed by atoms with van der Waals surface area (Å²) in [4.78, 5) is 0. The number of hydrogen-bond acceptors (Lipinski definition) is 7. The first-order chi connectivity index (χ1) is 10.9. The Kier molecular flexibility index (Phi) is 6.34. The van der Waals surface area contributed by atoms with E-state index in [0.717, 1.165) is 5.56 Å². The molecule has 1 saturated heterocycles. The number of ether oxygens (including phenoxy) is 1. The normalized spacial score (nSPS) is 32.7. The van der Waals surface area contributed by atoms with Crippen molar-refractivity contribution < 1.29 is 35.4 Å². The SMILES string of the molecule is OCC1OC(CC(O)CCc2ccc(O)cc2)C(O)C(O)C1O. The van der Waals surface area contributed by atoms with Gasteiger partial charge in [-0.1, -0.05) is 12.1 Å². The number of aliphatic hydroxyl groups is 5. The lowest BCUT2D eigenvalue weighted by Gasteiger charge is -2.40. The number of rotatable bonds is 6. The van der Waals surface area contributed by atoms with E-state index in [-0.39, 0.29) is 12.2 Å². The molecule has 7 nitrogen and oxygen atoms in total. The highest BCUT2D eigenvalue weighted by Gasteiger charge is 2.43. The zero-order chi connectivity index (χ0) is 17.0. The zero-order valence-electron chi connectivity index (χ0n) is 12.7. The molecule has 23 heavy (non-hydrogen) atoms. The van der Waals surface area contributed by atoms with Crippen molar-refractivity contribution in [1.29, 1.82) is 0 Å². The summed E-state index contributed by atoms with van der Waals surface area (Å²) in [5, 5.41) is 57.8. The minimum atomic E-state index is -1.42. The molecular formula is C16H24O7. The van der Waals surface area contributed by atoms with Gasteiger partial charge in [-0.25, -0.2) is 0 Å². The second-order valence-electron chi connectivity index (χ2n) is 5.96. The van der Waals surface area contributed by atoms with Crippen molar-refractivity contribution in [2.45, 2.75) is 55.9 Å². The summed E-state index contributed by atoms with van der Waals surface area (Å²) >= 11 is 0. The van der Waals surface area contributed by atoms with Gasteiger partial charge in [-0.2, -0.15) is 0 Å². The highest BCUT2D eigenvalue weighted by Crippen LogP contribution is 2.25. The van der Waals surface area contributed by atoms with E-state index >= 15 is 0 Å². The third kappa shape index (κ3) is 4.63. The van der Waals surface area contributed by atoms with Crippen LogP contribution in [-0.4, -0.2) is 73.9 Å². The first kappa shape index (κ1) is 18.1. The lowest BCUT2D eigenvalue weighted by atomic mass is 9.91. The number of hydrogen-bond donors (Lipinski definition) is 6. The van der Waals surface area contributed by atoms with E-state index in [1.54, 1.807) is 24.3 Å². The first-order valence-corrected chi connectivity index (χ1v) is 7.69. The Morgan fingerprint density at radius 2 is 1.57 bits per heavy atom. The van der Waals surface area contributed by atoms with Gasteiger partial charge in [0.25, 0.3) is 0 Å². The molecule has 6 atom stereocenters. The summed E-state index contributed by atoms with van der Waals surface area (Å²) in [6.07, 6.45) is -5.64. The third-order valence-electron chi connectivity index (χ3n) is 4.20. The smallest absolute Gasteiger partial charge is 0.115 e. The molecule has 130 valence electrons. The Hall–Kier alpha value is -1.22. The van der Waals surface area contributed by atoms with Crippen molar-refractivity contribution in [1.82, 2.24) is 0 Å². The Morgan fingerprint density at radius 1 is 0.957 bits per heavy atom. The molecule has 0 saturated carbocycles. The standard InChI is InChI=1S/C16H24O7/c17-8-13-15(21)16(22)14(20)12(23-13)7-11(19)6-3-9-1-4-10(18)5-2-9/h1-2,4-5,11-22H,3,6-8H2. The van der Waals surface area contributed by atoms with Crippen molar-refractivity contribution in [3.8, 4) is 5.75 Å². The van der Waals surface area contributed by atoms with Crippen LogP contribution >= 0.6 is 0 Å². The highest BCUT2D eigenvalue weighted by molar-refractivity contribution is 5.25. The molecule has 1 aromatic carbocycles. The molecule has 7 heteroatoms. The van der Waals surface area contributed by atoms with Crippen LogP contribution in [0.25, 0.3) is 0 Å². The van der Waals surface area contributed by atoms with Gasteiger partial charge < -0.3 is 35.4 Å². The third-order valence-corrected chi connectivity index (χ3v) is 4.20. The van der Waals surface area contributed by atoms with Crippen LogP contribution in [0.3, 0.4) is 0 Å². The zero-order valence-corrected chi connectivity index (χ0v) is 12.7. The molecule has 1 aliphatic heterocycles. The number of aliphatic hydroxyl groups excluding tert-OH is 5. The van der Waals surface area contributed by atoms with Gasteiger partial charge in [0.15, 0.2) is 0 Å². The fraction of sp³-hybridized carbons (Fsp3) is 0.625. The molecule has 1 aromatic rings. The topological polar surface area (TPSA) is 131 Å². The Bertz CT molecular complexity index is 476. The van der Waals surface area contributed by atoms with Gasteiger partial charge in [0, 0.05) is 6.42 Å². The Morgan fingerprint density at radius 3 is 2.17 bits per heavy atom. The summed E-state index contributed by atoms with van der Waals surface area (Å²) in [6, 6.07) is 6.66. The summed E-state index contributed by atoms with van der Waals surface area (Å²) in [5.41, 5.74) is 0.954. The molecule has 1 fully saturated rings. The van der Waals surface area contributed by atoms with E-state index in [2.05, 4.69) is 0 Å². The van der Waals surface area contributed by atoms with Crippen LogP contribution < -0.4 is 0 Å². The van der Waals surface area contributed by atoms with Crippen molar-refractivity contribution in [3.05, 3.63) is 29.8 Å². The quantitative estimate of drug-likeness (QED) is 0.391. The van der Waals surface area contributed by atoms with Gasteiger partial charge in [0.2, 0.25) is 0 Å². The van der Waals surface area contributed by atoms with Crippen molar-refractivity contribution >= 4 is 0 Å². The predicted molar refractivity (Wildman–Crippen MR) is 80.8 cm³/mol. The van der Waals surface area contributed by atoms with Crippen LogP contribution in [0.2, 0.25) is 0 Å². The second-order valence-corrected chi connectivity index (χ2v) is 5.96. The lowest BCUT2D eigenvalue weighted by Crippen LogP contribution is -2.59. The molecule has 0 aliphatic carbocycles. The van der Waals surface area contributed by atoms with Crippen molar-refractivity contribution in [2.75, 3.05) is 6.61 Å². The largest absolute Gasteiger partial charge is 0.508 e. The van der Waals surface area contributed by atoms with E-state index < -0.39 is 43.2 Å². The van der Waals surface area contributed by atoms with E-state index in [9.17, 15) is 25.5 Å². The van der Waals surface area contributed by atoms with E-state index in [4.69, 9.17) is 9.84 Å². The van der Waals surface area contributed by atoms with Gasteiger partial charge in [0.1, 0.15) is 30.2 Å². The molecule has 0 bridgehead atoms. The number of phenolic OH excluding ortho intramolecular Hbond substituents is 1. The first-order valence-electron chi connectivity index (χ1n) is 7.69. The van der Waals surface area contributed by atoms with Gasteiger partial charge in [-0.3, -0.25) is 0 Å². The summed E-state index contributed by atoms with van der Waals surface area (Å²) in [5.74, 6) is 0.176. The van der Waals surface area contributed by atoms with Gasteiger partial charge in [-0.15, -0.1) is 0 Å². The predicted octanol–water partition coefficient (Wildman–Crippen LogP) is -1.08. The summed E-state index contributed by atoms with van der Waals surface area (Å²) in [7, 11) is 0. The summed E-state index contributed by atoms with van der Waals surface area (Å²) < 4.78 is 5.37. The molecule has 0 spiro atoms. The molecule has 2 rings (SSSR count). The number of benzene rings is 1. The molecule has 6 N–H and O–H groups in total. The van der Waals surface area contributed by atoms with Crippen LogP contribution in [0.5, 0.6) is 5.75 Å². The minimum Gasteiger partial charge on any atom is -0.508 e. The van der Waals surface area contributed by atoms with Crippen molar-refractivity contribution in [2.24, 2.45) is 0 Å². The average Bonchev–Trinajstić information content (AvgIpc) is 2.55. The minimum absolute atomic E-state index is 0.0829. The molecule has 1 heterocycles. The number of phenols is 1. The van der Waals surface area contributed by atoms with Crippen LogP contribution in [-0.2, 0) is 11.2 Å². The van der Waals surface area contributed by atoms with Crippen LogP contribution in [0, 0.1) is 0 Å². The van der Waals surface area contributed by atoms with Crippen LogP contribution in [0.1, 0.15) is 18.4 Å². The maximum Gasteiger partial charge on any atom is 0.115 e. The van der Waals surface area contributed by atoms with Gasteiger partial charge >= 0.3 is 0 Å². The van der Waals surface area contributed by atoms with Crippen LogP contribution in [0.4, 0.5) is 0 Å². The van der Waals surface area contributed by atoms with Crippen molar-refractivity contribution in [3.63, 3.8) is 0 Å². The van der Waals surface area contributed by atoms with Crippen LogP contribution in [0.15, 0.2) is 24.3 Å². The number of aromatic hydroxyl groups is 1. The molecular weight excluding hydrogens is 304 g/mol. The number of aryl methyl sites for hydroxylation is 1. The van der Waals surface area contributed by atoms with Gasteiger partial charge in [0.05, 0.1) is 18.8 Å². The fourth-order valence-electron chi connectivity index (χ4n) is 2.76. The Labute approximate surface area is 134 Å². The maximum atomic E-state index is 10.1. The lowest BCUT2D eigenvalue weighted by molar-refractivity contribution is -0.234. The van der Waals surface area contributed by atoms with E-state index in [1.807, 2.05) is 0 Å². The highest BCUT2D eigenvalue weighted by atomic mass is 16.5. The molecule has 0 amide bonds. The second kappa shape index (κ2) is 8.05. The monoisotopic (exact) mass is 328 g/mol.